The number of piperidine rings is 1. The Balaban J connectivity index is 1.20. The first kappa shape index (κ1) is 19.4. The van der Waals surface area contributed by atoms with Crippen molar-refractivity contribution < 1.29 is 4.79 Å². The Morgan fingerprint density at radius 2 is 1.77 bits per heavy atom. The number of benzene rings is 2. The Morgan fingerprint density at radius 1 is 1.03 bits per heavy atom. The molecule has 3 aromatic rings. The molecule has 2 aliphatic rings. The molecule has 0 spiro atoms. The average molecular weight is 402 g/mol. The van der Waals surface area contributed by atoms with E-state index in [1.807, 2.05) is 0 Å². The van der Waals surface area contributed by atoms with Crippen LogP contribution in [0.1, 0.15) is 36.6 Å². The van der Waals surface area contributed by atoms with Crippen LogP contribution >= 0.6 is 0 Å². The summed E-state index contributed by atoms with van der Waals surface area (Å²) in [7, 11) is 0. The maximum atomic E-state index is 13.3. The van der Waals surface area contributed by atoms with Gasteiger partial charge in [0.25, 0.3) is 0 Å². The van der Waals surface area contributed by atoms with Crippen molar-refractivity contribution in [1.29, 1.82) is 0 Å². The van der Waals surface area contributed by atoms with Crippen molar-refractivity contribution in [3.8, 4) is 0 Å². The number of hydrogen-bond acceptors (Lipinski definition) is 2. The van der Waals surface area contributed by atoms with Crippen LogP contribution < -0.4 is 0 Å². The molecular weight excluding hydrogens is 370 g/mol. The summed E-state index contributed by atoms with van der Waals surface area (Å²) < 4.78 is 0. The fourth-order valence-corrected chi connectivity index (χ4v) is 5.27. The first-order chi connectivity index (χ1) is 14.7. The Kier molecular flexibility index (Phi) is 5.34. The summed E-state index contributed by atoms with van der Waals surface area (Å²) in [6.45, 7) is 5.69. The lowest BCUT2D eigenvalue weighted by Crippen LogP contribution is -2.50. The highest BCUT2D eigenvalue weighted by Crippen LogP contribution is 2.29. The number of fused-ring (bicyclic) bond motifs is 3. The summed E-state index contributed by atoms with van der Waals surface area (Å²) in [6, 6.07) is 19.2. The number of rotatable bonds is 4. The maximum Gasteiger partial charge on any atom is 0.239 e. The molecule has 1 aromatic heterocycles. The Morgan fingerprint density at radius 3 is 2.57 bits per heavy atom. The van der Waals surface area contributed by atoms with Crippen molar-refractivity contribution in [2.45, 2.75) is 45.2 Å². The quantitative estimate of drug-likeness (QED) is 0.704. The van der Waals surface area contributed by atoms with Crippen LogP contribution in [-0.2, 0) is 24.2 Å². The number of aromatic nitrogens is 1. The maximum absolute atomic E-state index is 13.3. The van der Waals surface area contributed by atoms with Gasteiger partial charge in [-0.15, -0.1) is 0 Å². The lowest BCUT2D eigenvalue weighted by atomic mass is 9.89. The van der Waals surface area contributed by atoms with Gasteiger partial charge < -0.3 is 9.88 Å². The third kappa shape index (κ3) is 3.77. The molecule has 0 radical (unpaired) electrons. The van der Waals surface area contributed by atoms with Gasteiger partial charge in [0.05, 0.1) is 6.04 Å². The third-order valence-corrected chi connectivity index (χ3v) is 7.12. The number of amides is 1. The summed E-state index contributed by atoms with van der Waals surface area (Å²) in [5.74, 6) is 1.02. The van der Waals surface area contributed by atoms with E-state index < -0.39 is 0 Å². The molecule has 0 saturated carbocycles. The Labute approximate surface area is 178 Å². The number of H-pyrrole nitrogens is 1. The molecule has 2 aromatic carbocycles. The largest absolute Gasteiger partial charge is 0.358 e. The van der Waals surface area contributed by atoms with Crippen LogP contribution in [0.5, 0.6) is 0 Å². The Bertz CT molecular complexity index is 1020. The lowest BCUT2D eigenvalue weighted by Gasteiger charge is -2.38. The lowest BCUT2D eigenvalue weighted by molar-refractivity contribution is -0.138. The number of nitrogens with one attached hydrogen (secondary N) is 1. The number of carbonyl (C=O) groups is 1. The van der Waals surface area contributed by atoms with Crippen LogP contribution in [0, 0.1) is 5.92 Å². The van der Waals surface area contributed by atoms with Crippen LogP contribution in [0.25, 0.3) is 10.9 Å². The van der Waals surface area contributed by atoms with Gasteiger partial charge in [-0.2, -0.15) is 0 Å². The zero-order chi connectivity index (χ0) is 20.5. The van der Waals surface area contributed by atoms with Crippen LogP contribution in [-0.4, -0.2) is 46.4 Å². The van der Waals surface area contributed by atoms with Crippen molar-refractivity contribution in [3.63, 3.8) is 0 Å². The van der Waals surface area contributed by atoms with E-state index in [-0.39, 0.29) is 11.9 Å². The fourth-order valence-electron chi connectivity index (χ4n) is 5.27. The van der Waals surface area contributed by atoms with Crippen molar-refractivity contribution >= 4 is 16.8 Å². The van der Waals surface area contributed by atoms with Gasteiger partial charge in [0.15, 0.2) is 0 Å². The molecule has 0 bridgehead atoms. The predicted octanol–water partition coefficient (Wildman–Crippen LogP) is 4.40. The molecule has 1 saturated heterocycles. The third-order valence-electron chi connectivity index (χ3n) is 7.12. The van der Waals surface area contributed by atoms with E-state index in [1.165, 1.54) is 40.6 Å². The molecule has 2 aliphatic heterocycles. The van der Waals surface area contributed by atoms with Crippen molar-refractivity contribution in [1.82, 2.24) is 14.8 Å². The van der Waals surface area contributed by atoms with E-state index in [9.17, 15) is 4.79 Å². The minimum atomic E-state index is -0.0329. The molecule has 3 heterocycles. The molecule has 1 fully saturated rings. The average Bonchev–Trinajstić information content (AvgIpc) is 3.17. The van der Waals surface area contributed by atoms with Gasteiger partial charge in [0.1, 0.15) is 0 Å². The van der Waals surface area contributed by atoms with E-state index in [0.29, 0.717) is 0 Å². The molecule has 1 amide bonds. The highest BCUT2D eigenvalue weighted by atomic mass is 16.2. The van der Waals surface area contributed by atoms with E-state index in [2.05, 4.69) is 76.3 Å². The molecule has 1 atom stereocenters. The van der Waals surface area contributed by atoms with Crippen LogP contribution in [0.15, 0.2) is 54.6 Å². The van der Waals surface area contributed by atoms with E-state index in [0.717, 1.165) is 44.9 Å². The minimum Gasteiger partial charge on any atom is -0.358 e. The number of nitrogens with zero attached hydrogens (tertiary/aromatic N) is 2. The highest BCUT2D eigenvalue weighted by molar-refractivity contribution is 5.87. The standard InChI is InChI=1S/C26H31N3O/c1-19(28-14-11-21(12-15-28)17-20-7-3-2-4-8-20)26(30)29-16-13-25-23(18-29)22-9-5-6-10-24(22)27-25/h2-10,19,21,27H,11-18H2,1H3/t19-/m1/s1. The van der Waals surface area contributed by atoms with Crippen LogP contribution in [0.2, 0.25) is 0 Å². The van der Waals surface area contributed by atoms with Gasteiger partial charge in [0.2, 0.25) is 5.91 Å². The van der Waals surface area contributed by atoms with Gasteiger partial charge >= 0.3 is 0 Å². The first-order valence-electron chi connectivity index (χ1n) is 11.3. The fraction of sp³-hybridized carbons (Fsp3) is 0.423. The number of aromatic amines is 1. The number of carbonyl (C=O) groups excluding carboxylic acids is 1. The molecule has 0 aliphatic carbocycles. The highest BCUT2D eigenvalue weighted by Gasteiger charge is 2.31. The molecule has 4 heteroatoms. The van der Waals surface area contributed by atoms with Gasteiger partial charge in [-0.3, -0.25) is 9.69 Å². The predicted molar refractivity (Wildman–Crippen MR) is 121 cm³/mol. The van der Waals surface area contributed by atoms with E-state index in [4.69, 9.17) is 0 Å². The van der Waals surface area contributed by atoms with E-state index in [1.54, 1.807) is 0 Å². The second kappa shape index (κ2) is 8.27. The summed E-state index contributed by atoms with van der Waals surface area (Å²) in [5.41, 5.74) is 5.22. The van der Waals surface area contributed by atoms with Gasteiger partial charge in [0, 0.05) is 41.7 Å². The smallest absolute Gasteiger partial charge is 0.239 e. The first-order valence-corrected chi connectivity index (χ1v) is 11.3. The molecular formula is C26H31N3O. The summed E-state index contributed by atoms with van der Waals surface area (Å²) in [6.07, 6.45) is 4.44. The summed E-state index contributed by atoms with van der Waals surface area (Å²) in [4.78, 5) is 21.3. The summed E-state index contributed by atoms with van der Waals surface area (Å²) in [5, 5.41) is 1.26. The number of hydrogen-bond donors (Lipinski definition) is 1. The molecule has 0 unspecified atom stereocenters. The van der Waals surface area contributed by atoms with Crippen molar-refractivity contribution in [2.75, 3.05) is 19.6 Å². The van der Waals surface area contributed by atoms with Gasteiger partial charge in [-0.05, 0) is 56.8 Å². The minimum absolute atomic E-state index is 0.0329. The van der Waals surface area contributed by atoms with Crippen molar-refractivity contribution in [2.24, 2.45) is 5.92 Å². The molecule has 1 N–H and O–H groups in total. The zero-order valence-corrected chi connectivity index (χ0v) is 17.8. The second-order valence-corrected chi connectivity index (χ2v) is 8.98. The Hall–Kier alpha value is -2.59. The van der Waals surface area contributed by atoms with Crippen LogP contribution in [0.3, 0.4) is 0 Å². The SMILES string of the molecule is C[C@H](C(=O)N1CCc2[nH]c3ccccc3c2C1)N1CCC(Cc2ccccc2)CC1. The van der Waals surface area contributed by atoms with Gasteiger partial charge in [-0.25, -0.2) is 0 Å². The monoisotopic (exact) mass is 401 g/mol. The number of para-hydroxylation sites is 1. The van der Waals surface area contributed by atoms with Crippen LogP contribution in [0.4, 0.5) is 0 Å². The van der Waals surface area contributed by atoms with Gasteiger partial charge in [-0.1, -0.05) is 48.5 Å². The topological polar surface area (TPSA) is 39.3 Å². The molecule has 5 rings (SSSR count). The normalized spacial score (nSPS) is 19.0. The second-order valence-electron chi connectivity index (χ2n) is 8.98. The number of likely N-dealkylation sites (tertiary alicyclic amines) is 1. The molecule has 4 nitrogen and oxygen atoms in total. The summed E-state index contributed by atoms with van der Waals surface area (Å²) >= 11 is 0. The van der Waals surface area contributed by atoms with E-state index >= 15 is 0 Å². The zero-order valence-electron chi connectivity index (χ0n) is 17.8. The van der Waals surface area contributed by atoms with Crippen molar-refractivity contribution in [3.05, 3.63) is 71.4 Å². The molecule has 30 heavy (non-hydrogen) atoms. The molecule has 156 valence electrons.